The van der Waals surface area contributed by atoms with E-state index in [1.165, 1.54) is 44.5 Å². The summed E-state index contributed by atoms with van der Waals surface area (Å²) in [5.74, 6) is 0.291. The van der Waals surface area contributed by atoms with Crippen molar-refractivity contribution >= 4 is 11.0 Å². The van der Waals surface area contributed by atoms with Gasteiger partial charge in [0.15, 0.2) is 5.58 Å². The molecule has 2 aromatic carbocycles. The molecule has 5 nitrogen and oxygen atoms in total. The predicted octanol–water partition coefficient (Wildman–Crippen LogP) is 4.59. The first-order chi connectivity index (χ1) is 13.2. The molecule has 1 aliphatic heterocycles. The van der Waals surface area contributed by atoms with Crippen LogP contribution < -0.4 is 4.74 Å². The van der Waals surface area contributed by atoms with E-state index in [4.69, 9.17) is 9.26 Å². The highest BCUT2D eigenvalue weighted by Gasteiger charge is 2.15. The van der Waals surface area contributed by atoms with Gasteiger partial charge in [0.25, 0.3) is 0 Å². The zero-order valence-electron chi connectivity index (χ0n) is 15.2. The lowest BCUT2D eigenvalue weighted by molar-refractivity contribution is 0.205. The van der Waals surface area contributed by atoms with Crippen LogP contribution in [0.1, 0.15) is 25.7 Å². The third kappa shape index (κ3) is 4.06. The van der Waals surface area contributed by atoms with Gasteiger partial charge in [-0.3, -0.25) is 0 Å². The summed E-state index contributed by atoms with van der Waals surface area (Å²) in [4.78, 5) is 2.48. The molecule has 0 unspecified atom stereocenters. The Kier molecular flexibility index (Phi) is 5.25. The Hall–Kier alpha value is -2.60. The van der Waals surface area contributed by atoms with E-state index in [2.05, 4.69) is 10.1 Å². The normalized spacial score (nSPS) is 15.3. The van der Waals surface area contributed by atoms with Gasteiger partial charge in [-0.15, -0.1) is 0 Å². The molecule has 1 fully saturated rings. The number of ether oxygens (including phenoxy) is 1. The molecular weight excluding hydrogens is 347 g/mol. The molecule has 2 heterocycles. The zero-order valence-corrected chi connectivity index (χ0v) is 15.2. The van der Waals surface area contributed by atoms with Gasteiger partial charge in [-0.2, -0.15) is 0 Å². The number of rotatable bonds is 6. The minimum Gasteiger partial charge on any atom is -0.507 e. The fourth-order valence-corrected chi connectivity index (χ4v) is 3.57. The van der Waals surface area contributed by atoms with Gasteiger partial charge in [-0.1, -0.05) is 11.6 Å². The number of phenols is 1. The lowest BCUT2D eigenvalue weighted by Gasteiger charge is -2.26. The topological polar surface area (TPSA) is 58.7 Å². The Morgan fingerprint density at radius 3 is 2.78 bits per heavy atom. The van der Waals surface area contributed by atoms with Crippen LogP contribution in [-0.2, 0) is 0 Å². The predicted molar refractivity (Wildman–Crippen MR) is 101 cm³/mol. The van der Waals surface area contributed by atoms with Gasteiger partial charge in [-0.05, 0) is 56.6 Å². The van der Waals surface area contributed by atoms with Crippen LogP contribution >= 0.6 is 0 Å². The average molecular weight is 370 g/mol. The molecule has 27 heavy (non-hydrogen) atoms. The second-order valence-electron chi connectivity index (χ2n) is 6.95. The molecule has 142 valence electrons. The number of aromatic nitrogens is 1. The molecular formula is C21H23FN2O3. The number of likely N-dealkylation sites (tertiary alicyclic amines) is 1. The summed E-state index contributed by atoms with van der Waals surface area (Å²) in [6.45, 7) is 4.03. The Morgan fingerprint density at radius 2 is 1.96 bits per heavy atom. The summed E-state index contributed by atoms with van der Waals surface area (Å²) in [7, 11) is 0. The van der Waals surface area contributed by atoms with Crippen molar-refractivity contribution in [3.05, 3.63) is 42.2 Å². The summed E-state index contributed by atoms with van der Waals surface area (Å²) in [6.07, 6.45) is 4.88. The van der Waals surface area contributed by atoms with Crippen LogP contribution in [0, 0.1) is 5.82 Å². The van der Waals surface area contributed by atoms with Crippen molar-refractivity contribution in [1.29, 1.82) is 0 Å². The molecule has 1 aliphatic rings. The number of nitrogens with zero attached hydrogens (tertiary/aromatic N) is 2. The highest BCUT2D eigenvalue weighted by atomic mass is 19.1. The van der Waals surface area contributed by atoms with Gasteiger partial charge in [0.05, 0.1) is 12.0 Å². The van der Waals surface area contributed by atoms with Crippen LogP contribution in [-0.4, -0.2) is 41.4 Å². The van der Waals surface area contributed by atoms with E-state index in [-0.39, 0.29) is 11.6 Å². The van der Waals surface area contributed by atoms with Crippen LogP contribution in [0.3, 0.4) is 0 Å². The first-order valence-electron chi connectivity index (χ1n) is 9.44. The lowest BCUT2D eigenvalue weighted by atomic mass is 10.1. The molecule has 0 saturated carbocycles. The number of fused-ring (bicyclic) bond motifs is 1. The van der Waals surface area contributed by atoms with E-state index in [9.17, 15) is 9.50 Å². The molecule has 0 atom stereocenters. The summed E-state index contributed by atoms with van der Waals surface area (Å²) in [5, 5.41) is 15.0. The molecule has 0 spiro atoms. The first-order valence-corrected chi connectivity index (χ1v) is 9.44. The number of hydrogen-bond acceptors (Lipinski definition) is 5. The standard InChI is InChI=1S/C21H23FN2O3/c22-15-5-7-18-20(13-15)27-23-21(18)17-8-6-16(14-19(17)25)26-12-4-11-24-9-2-1-3-10-24/h5-8,13-14,25H,1-4,9-12H2. The number of aromatic hydroxyl groups is 1. The minimum atomic E-state index is -0.386. The van der Waals surface area contributed by atoms with Crippen molar-refractivity contribution in [2.24, 2.45) is 0 Å². The fourth-order valence-electron chi connectivity index (χ4n) is 3.57. The summed E-state index contributed by atoms with van der Waals surface area (Å²) < 4.78 is 24.2. The average Bonchev–Trinajstić information content (AvgIpc) is 3.09. The molecule has 0 bridgehead atoms. The smallest absolute Gasteiger partial charge is 0.170 e. The van der Waals surface area contributed by atoms with Crippen molar-refractivity contribution in [2.45, 2.75) is 25.7 Å². The van der Waals surface area contributed by atoms with Crippen molar-refractivity contribution in [3.8, 4) is 22.8 Å². The third-order valence-corrected chi connectivity index (χ3v) is 4.99. The van der Waals surface area contributed by atoms with Gasteiger partial charge < -0.3 is 19.3 Å². The van der Waals surface area contributed by atoms with Crippen molar-refractivity contribution < 1.29 is 18.8 Å². The van der Waals surface area contributed by atoms with E-state index in [0.717, 1.165) is 13.0 Å². The van der Waals surface area contributed by atoms with Gasteiger partial charge >= 0.3 is 0 Å². The van der Waals surface area contributed by atoms with E-state index < -0.39 is 0 Å². The molecule has 1 saturated heterocycles. The highest BCUT2D eigenvalue weighted by Crippen LogP contribution is 2.36. The Bertz CT molecular complexity index is 919. The van der Waals surface area contributed by atoms with Crippen LogP contribution in [0.2, 0.25) is 0 Å². The lowest BCUT2D eigenvalue weighted by Crippen LogP contribution is -2.31. The molecule has 1 aromatic heterocycles. The monoisotopic (exact) mass is 370 g/mol. The molecule has 6 heteroatoms. The van der Waals surface area contributed by atoms with E-state index in [0.29, 0.717) is 34.6 Å². The van der Waals surface area contributed by atoms with Gasteiger partial charge in [0, 0.05) is 24.2 Å². The molecule has 4 rings (SSSR count). The SMILES string of the molecule is Oc1cc(OCCCN2CCCCC2)ccc1-c1noc2cc(F)ccc12. The van der Waals surface area contributed by atoms with Crippen molar-refractivity contribution in [1.82, 2.24) is 10.1 Å². The Labute approximate surface area is 157 Å². The van der Waals surface area contributed by atoms with E-state index in [1.54, 1.807) is 24.3 Å². The quantitative estimate of drug-likeness (QED) is 0.643. The molecule has 0 amide bonds. The molecule has 3 aromatic rings. The first kappa shape index (κ1) is 17.8. The number of hydrogen-bond donors (Lipinski definition) is 1. The maximum Gasteiger partial charge on any atom is 0.170 e. The van der Waals surface area contributed by atoms with Crippen LogP contribution in [0.25, 0.3) is 22.2 Å². The minimum absolute atomic E-state index is 0.0584. The third-order valence-electron chi connectivity index (χ3n) is 4.99. The molecule has 0 radical (unpaired) electrons. The molecule has 0 aliphatic carbocycles. The van der Waals surface area contributed by atoms with E-state index in [1.807, 2.05) is 0 Å². The van der Waals surface area contributed by atoms with Crippen LogP contribution in [0.5, 0.6) is 11.5 Å². The maximum atomic E-state index is 13.3. The number of benzene rings is 2. The summed E-state index contributed by atoms with van der Waals surface area (Å²) in [5.41, 5.74) is 1.36. The van der Waals surface area contributed by atoms with Gasteiger partial charge in [-0.25, -0.2) is 4.39 Å². The Morgan fingerprint density at radius 1 is 1.11 bits per heavy atom. The largest absolute Gasteiger partial charge is 0.507 e. The number of piperidine rings is 1. The van der Waals surface area contributed by atoms with Crippen LogP contribution in [0.15, 0.2) is 40.9 Å². The summed E-state index contributed by atoms with van der Waals surface area (Å²) in [6, 6.07) is 9.36. The fraction of sp³-hybridized carbons (Fsp3) is 0.381. The van der Waals surface area contributed by atoms with Crippen molar-refractivity contribution in [2.75, 3.05) is 26.2 Å². The second kappa shape index (κ2) is 7.96. The van der Waals surface area contributed by atoms with Gasteiger partial charge in [0.2, 0.25) is 0 Å². The van der Waals surface area contributed by atoms with Crippen molar-refractivity contribution in [3.63, 3.8) is 0 Å². The van der Waals surface area contributed by atoms with Gasteiger partial charge in [0.1, 0.15) is 23.0 Å². The summed E-state index contributed by atoms with van der Waals surface area (Å²) >= 11 is 0. The van der Waals surface area contributed by atoms with Crippen LogP contribution in [0.4, 0.5) is 4.39 Å². The zero-order chi connectivity index (χ0) is 18.6. The Balaban J connectivity index is 1.40. The van der Waals surface area contributed by atoms with E-state index >= 15 is 0 Å². The second-order valence-corrected chi connectivity index (χ2v) is 6.95. The number of halogens is 1. The maximum absolute atomic E-state index is 13.3. The highest BCUT2D eigenvalue weighted by molar-refractivity contribution is 5.93. The number of phenolic OH excluding ortho intramolecular Hbond substituents is 1. The molecule has 1 N–H and O–H groups in total.